The molecule has 98 valence electrons. The highest BCUT2D eigenvalue weighted by molar-refractivity contribution is 6.30. The monoisotopic (exact) mass is 280 g/mol. The first-order chi connectivity index (χ1) is 9.10. The van der Waals surface area contributed by atoms with E-state index in [0.717, 1.165) is 0 Å². The lowest BCUT2D eigenvalue weighted by Gasteiger charge is -2.07. The van der Waals surface area contributed by atoms with E-state index in [0.29, 0.717) is 0 Å². The van der Waals surface area contributed by atoms with Crippen LogP contribution in [0.3, 0.4) is 0 Å². The predicted molar refractivity (Wildman–Crippen MR) is 70.2 cm³/mol. The largest absolute Gasteiger partial charge is 0.481 e. The minimum atomic E-state index is -0.511. The maximum Gasteiger partial charge on any atom is 0.256 e. The minimum Gasteiger partial charge on any atom is -0.481 e. The van der Waals surface area contributed by atoms with Gasteiger partial charge in [-0.2, -0.15) is 0 Å². The van der Waals surface area contributed by atoms with E-state index in [-0.39, 0.29) is 22.3 Å². The average molecular weight is 281 g/mol. The van der Waals surface area contributed by atoms with Gasteiger partial charge >= 0.3 is 0 Å². The molecule has 0 aliphatic heterocycles. The second kappa shape index (κ2) is 5.67. The van der Waals surface area contributed by atoms with Crippen molar-refractivity contribution in [3.8, 4) is 5.88 Å². The fourth-order valence-corrected chi connectivity index (χ4v) is 1.67. The van der Waals surface area contributed by atoms with Crippen molar-refractivity contribution in [1.29, 1.82) is 0 Å². The Morgan fingerprint density at radius 3 is 2.79 bits per heavy atom. The van der Waals surface area contributed by atoms with Gasteiger partial charge in [-0.3, -0.25) is 4.79 Å². The zero-order valence-electron chi connectivity index (χ0n) is 9.98. The number of carbonyl (C=O) groups excluding carboxylic acids is 1. The van der Waals surface area contributed by atoms with Gasteiger partial charge in [0.05, 0.1) is 12.8 Å². The Morgan fingerprint density at radius 2 is 2.11 bits per heavy atom. The molecule has 4 nitrogen and oxygen atoms in total. The van der Waals surface area contributed by atoms with E-state index in [4.69, 9.17) is 16.3 Å². The van der Waals surface area contributed by atoms with Gasteiger partial charge in [0.25, 0.3) is 5.91 Å². The molecule has 0 radical (unpaired) electrons. The number of nitrogens with zero attached hydrogens (tertiary/aromatic N) is 1. The molecule has 1 N–H and O–H groups in total. The van der Waals surface area contributed by atoms with Crippen molar-refractivity contribution in [2.24, 2.45) is 0 Å². The van der Waals surface area contributed by atoms with Crippen molar-refractivity contribution in [3.05, 3.63) is 52.9 Å². The Bertz CT molecular complexity index is 619. The fraction of sp³-hybridized carbons (Fsp3) is 0.0769. The quantitative estimate of drug-likeness (QED) is 0.879. The van der Waals surface area contributed by atoms with Crippen molar-refractivity contribution in [2.75, 3.05) is 12.4 Å². The van der Waals surface area contributed by atoms with Crippen molar-refractivity contribution in [2.45, 2.75) is 0 Å². The van der Waals surface area contributed by atoms with Gasteiger partial charge < -0.3 is 10.1 Å². The third-order valence-electron chi connectivity index (χ3n) is 2.36. The summed E-state index contributed by atoms with van der Waals surface area (Å²) in [5.74, 6) is -0.790. The Balaban J connectivity index is 2.25. The Kier molecular flexibility index (Phi) is 3.97. The first-order valence-electron chi connectivity index (χ1n) is 5.37. The second-order valence-electron chi connectivity index (χ2n) is 3.65. The number of nitrogens with one attached hydrogen (secondary N) is 1. The van der Waals surface area contributed by atoms with Crippen LogP contribution in [0.2, 0.25) is 5.15 Å². The smallest absolute Gasteiger partial charge is 0.256 e. The average Bonchev–Trinajstić information content (AvgIpc) is 2.40. The van der Waals surface area contributed by atoms with E-state index in [1.807, 2.05) is 0 Å². The lowest BCUT2D eigenvalue weighted by molar-refractivity contribution is 0.102. The maximum absolute atomic E-state index is 13.4. The number of pyridine rings is 1. The zero-order valence-corrected chi connectivity index (χ0v) is 10.7. The molecule has 0 bridgehead atoms. The first-order valence-corrected chi connectivity index (χ1v) is 5.75. The molecule has 1 aromatic heterocycles. The highest BCUT2D eigenvalue weighted by Gasteiger charge is 2.11. The second-order valence-corrected chi connectivity index (χ2v) is 4.04. The molecular weight excluding hydrogens is 271 g/mol. The number of para-hydroxylation sites is 1. The third kappa shape index (κ3) is 3.20. The normalized spacial score (nSPS) is 10.1. The summed E-state index contributed by atoms with van der Waals surface area (Å²) in [4.78, 5) is 15.8. The summed E-state index contributed by atoms with van der Waals surface area (Å²) < 4.78 is 18.3. The van der Waals surface area contributed by atoms with E-state index in [1.54, 1.807) is 6.07 Å². The highest BCUT2D eigenvalue weighted by atomic mass is 35.5. The minimum absolute atomic E-state index is 0.0967. The van der Waals surface area contributed by atoms with Crippen LogP contribution in [-0.4, -0.2) is 18.0 Å². The van der Waals surface area contributed by atoms with Crippen LogP contribution in [-0.2, 0) is 0 Å². The molecule has 0 fully saturated rings. The number of carbonyl (C=O) groups is 1. The van der Waals surface area contributed by atoms with Gasteiger partial charge in [-0.1, -0.05) is 23.7 Å². The van der Waals surface area contributed by atoms with Crippen LogP contribution in [0.5, 0.6) is 5.88 Å². The Hall–Kier alpha value is -2.14. The van der Waals surface area contributed by atoms with Crippen LogP contribution in [0, 0.1) is 5.82 Å². The van der Waals surface area contributed by atoms with Gasteiger partial charge in [0.2, 0.25) is 5.88 Å². The van der Waals surface area contributed by atoms with Crippen LogP contribution in [0.25, 0.3) is 0 Å². The van der Waals surface area contributed by atoms with Gasteiger partial charge in [0, 0.05) is 11.6 Å². The van der Waals surface area contributed by atoms with E-state index < -0.39 is 11.7 Å². The van der Waals surface area contributed by atoms with E-state index >= 15 is 0 Å². The first kappa shape index (κ1) is 13.3. The summed E-state index contributed by atoms with van der Waals surface area (Å²) in [6.07, 6.45) is 0. The van der Waals surface area contributed by atoms with Crippen LogP contribution in [0.4, 0.5) is 10.1 Å². The zero-order chi connectivity index (χ0) is 13.8. The number of aromatic nitrogens is 1. The molecule has 1 amide bonds. The number of anilines is 1. The summed E-state index contributed by atoms with van der Waals surface area (Å²) in [5.41, 5.74) is 0.333. The van der Waals surface area contributed by atoms with Gasteiger partial charge in [0.1, 0.15) is 11.0 Å². The maximum atomic E-state index is 13.4. The molecule has 6 heteroatoms. The van der Waals surface area contributed by atoms with E-state index in [9.17, 15) is 9.18 Å². The topological polar surface area (TPSA) is 51.2 Å². The lowest BCUT2D eigenvalue weighted by Crippen LogP contribution is -2.13. The molecule has 19 heavy (non-hydrogen) atoms. The number of ether oxygens (including phenoxy) is 1. The number of benzene rings is 1. The molecule has 0 aliphatic rings. The number of halogens is 2. The standard InChI is InChI=1S/C13H10ClFN2O2/c1-19-12-7-8(6-11(14)17-12)13(18)16-10-5-3-2-4-9(10)15/h2-7H,1H3,(H,16,18). The molecule has 0 unspecified atom stereocenters. The fourth-order valence-electron chi connectivity index (χ4n) is 1.47. The molecule has 0 atom stereocenters. The third-order valence-corrected chi connectivity index (χ3v) is 2.56. The van der Waals surface area contributed by atoms with Gasteiger partial charge in [-0.05, 0) is 18.2 Å². The number of amides is 1. The Morgan fingerprint density at radius 1 is 1.37 bits per heavy atom. The Labute approximate surface area is 114 Å². The molecule has 1 heterocycles. The molecule has 1 aromatic carbocycles. The molecular formula is C13H10ClFN2O2. The predicted octanol–water partition coefficient (Wildman–Crippen LogP) is 3.14. The summed E-state index contributed by atoms with van der Waals surface area (Å²) in [7, 11) is 1.41. The van der Waals surface area contributed by atoms with Crippen molar-refractivity contribution >= 4 is 23.2 Å². The van der Waals surface area contributed by atoms with Crippen LogP contribution < -0.4 is 10.1 Å². The molecule has 2 rings (SSSR count). The van der Waals surface area contributed by atoms with E-state index in [1.165, 1.54) is 37.4 Å². The van der Waals surface area contributed by atoms with Crippen molar-refractivity contribution < 1.29 is 13.9 Å². The molecule has 0 spiro atoms. The molecule has 0 saturated heterocycles. The highest BCUT2D eigenvalue weighted by Crippen LogP contribution is 2.18. The van der Waals surface area contributed by atoms with Crippen LogP contribution >= 0.6 is 11.6 Å². The summed E-state index contributed by atoms with van der Waals surface area (Å²) >= 11 is 5.76. The number of rotatable bonds is 3. The van der Waals surface area contributed by atoms with Crippen molar-refractivity contribution in [1.82, 2.24) is 4.98 Å². The SMILES string of the molecule is COc1cc(C(=O)Nc2ccccc2F)cc(Cl)n1. The molecule has 0 saturated carbocycles. The number of hydrogen-bond acceptors (Lipinski definition) is 3. The summed E-state index contributed by atoms with van der Waals surface area (Å²) in [6, 6.07) is 8.68. The number of hydrogen-bond donors (Lipinski definition) is 1. The van der Waals surface area contributed by atoms with Crippen molar-refractivity contribution in [3.63, 3.8) is 0 Å². The van der Waals surface area contributed by atoms with Crippen LogP contribution in [0.1, 0.15) is 10.4 Å². The van der Waals surface area contributed by atoms with Gasteiger partial charge in [-0.15, -0.1) is 0 Å². The van der Waals surface area contributed by atoms with Gasteiger partial charge in [-0.25, -0.2) is 9.37 Å². The summed E-state index contributed by atoms with van der Waals surface area (Å²) in [5, 5.41) is 2.57. The van der Waals surface area contributed by atoms with Crippen LogP contribution in [0.15, 0.2) is 36.4 Å². The van der Waals surface area contributed by atoms with E-state index in [2.05, 4.69) is 10.3 Å². The molecule has 2 aromatic rings. The summed E-state index contributed by atoms with van der Waals surface area (Å²) in [6.45, 7) is 0. The lowest BCUT2D eigenvalue weighted by atomic mass is 10.2. The van der Waals surface area contributed by atoms with Gasteiger partial charge in [0.15, 0.2) is 0 Å². The molecule has 0 aliphatic carbocycles. The number of methoxy groups -OCH3 is 1.